The van der Waals surface area contributed by atoms with Crippen LogP contribution in [-0.4, -0.2) is 29.3 Å². The fourth-order valence-corrected chi connectivity index (χ4v) is 6.95. The van der Waals surface area contributed by atoms with Crippen molar-refractivity contribution < 1.29 is 34.8 Å². The van der Waals surface area contributed by atoms with Gasteiger partial charge >= 0.3 is 6.18 Å². The zero-order valence-corrected chi connectivity index (χ0v) is 25.1. The standard InChI is InChI=1S/C29H25ClF3N3O5S2/c1-19-8-15-27(20(2)16-19)36(43(40,41)24-6-4-3-5-7-24)18-28(37)34-21-9-12-23(13-10-21)42(38,39)35-22-11-14-26(30)25(17-22)29(31,32)33/h3-17,35H,18H2,1-2H3,(H,34,37). The Bertz CT molecular complexity index is 1870. The van der Waals surface area contributed by atoms with Crippen molar-refractivity contribution in [2.75, 3.05) is 20.9 Å². The molecule has 14 heteroatoms. The molecule has 0 aliphatic rings. The van der Waals surface area contributed by atoms with Gasteiger partial charge in [-0.2, -0.15) is 13.2 Å². The highest BCUT2D eigenvalue weighted by molar-refractivity contribution is 7.93. The summed E-state index contributed by atoms with van der Waals surface area (Å²) < 4.78 is 95.3. The Balaban J connectivity index is 1.54. The molecule has 1 amide bonds. The second-order valence-corrected chi connectivity index (χ2v) is 13.4. The van der Waals surface area contributed by atoms with Gasteiger partial charge in [-0.15, -0.1) is 0 Å². The van der Waals surface area contributed by atoms with Crippen molar-refractivity contribution >= 4 is 54.6 Å². The third kappa shape index (κ3) is 7.48. The number of amides is 1. The molecule has 0 bridgehead atoms. The highest BCUT2D eigenvalue weighted by Gasteiger charge is 2.34. The molecule has 226 valence electrons. The first-order chi connectivity index (χ1) is 20.1. The summed E-state index contributed by atoms with van der Waals surface area (Å²) in [5.74, 6) is -0.700. The third-order valence-corrected chi connectivity index (χ3v) is 9.71. The van der Waals surface area contributed by atoms with Crippen LogP contribution in [0.25, 0.3) is 0 Å². The molecule has 4 aromatic carbocycles. The number of carbonyl (C=O) groups is 1. The van der Waals surface area contributed by atoms with E-state index in [0.29, 0.717) is 17.3 Å². The molecule has 0 aliphatic heterocycles. The number of nitrogens with one attached hydrogen (secondary N) is 2. The molecule has 0 aromatic heterocycles. The summed E-state index contributed by atoms with van der Waals surface area (Å²) in [6.45, 7) is 3.00. The van der Waals surface area contributed by atoms with Crippen LogP contribution >= 0.6 is 11.6 Å². The number of halogens is 4. The molecule has 2 N–H and O–H groups in total. The van der Waals surface area contributed by atoms with E-state index in [1.54, 1.807) is 43.3 Å². The van der Waals surface area contributed by atoms with Crippen LogP contribution in [0.5, 0.6) is 0 Å². The lowest BCUT2D eigenvalue weighted by Crippen LogP contribution is -2.38. The van der Waals surface area contributed by atoms with E-state index < -0.39 is 49.3 Å². The molecule has 0 unspecified atom stereocenters. The molecule has 8 nitrogen and oxygen atoms in total. The van der Waals surface area contributed by atoms with Gasteiger partial charge in [0.25, 0.3) is 20.0 Å². The van der Waals surface area contributed by atoms with Crippen LogP contribution in [0.3, 0.4) is 0 Å². The van der Waals surface area contributed by atoms with Crippen LogP contribution in [0.15, 0.2) is 101 Å². The predicted octanol–water partition coefficient (Wildman–Crippen LogP) is 6.61. The molecular weight excluding hydrogens is 627 g/mol. The number of aryl methyl sites for hydroxylation is 2. The third-order valence-electron chi connectivity index (χ3n) is 6.21. The molecule has 4 rings (SSSR count). The molecule has 0 spiro atoms. The van der Waals surface area contributed by atoms with Crippen molar-refractivity contribution in [3.63, 3.8) is 0 Å². The van der Waals surface area contributed by atoms with E-state index in [4.69, 9.17) is 11.6 Å². The second kappa shape index (κ2) is 12.3. The molecule has 0 fully saturated rings. The monoisotopic (exact) mass is 651 g/mol. The Hall–Kier alpha value is -4.07. The lowest BCUT2D eigenvalue weighted by Gasteiger charge is -2.26. The number of rotatable bonds is 9. The van der Waals surface area contributed by atoms with Crippen LogP contribution in [0.2, 0.25) is 5.02 Å². The van der Waals surface area contributed by atoms with Gasteiger partial charge in [-0.05, 0) is 80.1 Å². The highest BCUT2D eigenvalue weighted by Crippen LogP contribution is 2.36. The van der Waals surface area contributed by atoms with Crippen molar-refractivity contribution in [2.45, 2.75) is 29.8 Å². The van der Waals surface area contributed by atoms with Crippen LogP contribution < -0.4 is 14.3 Å². The first-order valence-electron chi connectivity index (χ1n) is 12.5. The van der Waals surface area contributed by atoms with E-state index in [1.807, 2.05) is 6.92 Å². The van der Waals surface area contributed by atoms with Gasteiger partial charge in [-0.25, -0.2) is 16.8 Å². The highest BCUT2D eigenvalue weighted by atomic mass is 35.5. The first-order valence-corrected chi connectivity index (χ1v) is 15.8. The lowest BCUT2D eigenvalue weighted by molar-refractivity contribution is -0.137. The van der Waals surface area contributed by atoms with Crippen molar-refractivity contribution in [3.05, 3.63) is 113 Å². The largest absolute Gasteiger partial charge is 0.417 e. The van der Waals surface area contributed by atoms with E-state index in [-0.39, 0.29) is 21.2 Å². The molecule has 0 saturated carbocycles. The lowest BCUT2D eigenvalue weighted by atomic mass is 10.1. The van der Waals surface area contributed by atoms with Gasteiger partial charge in [-0.3, -0.25) is 13.8 Å². The first kappa shape index (κ1) is 31.9. The minimum atomic E-state index is -4.79. The molecule has 0 radical (unpaired) electrons. The van der Waals surface area contributed by atoms with E-state index in [1.165, 1.54) is 24.3 Å². The maximum Gasteiger partial charge on any atom is 0.417 e. The van der Waals surface area contributed by atoms with Gasteiger partial charge in [0.1, 0.15) is 6.54 Å². The maximum atomic E-state index is 13.6. The van der Waals surface area contributed by atoms with E-state index in [2.05, 4.69) is 10.0 Å². The van der Waals surface area contributed by atoms with Gasteiger partial charge in [0.2, 0.25) is 5.91 Å². The average Bonchev–Trinajstić information content (AvgIpc) is 2.93. The van der Waals surface area contributed by atoms with E-state index >= 15 is 0 Å². The number of anilines is 3. The summed E-state index contributed by atoms with van der Waals surface area (Å²) in [7, 11) is -8.45. The normalized spacial score (nSPS) is 12.0. The van der Waals surface area contributed by atoms with E-state index in [9.17, 15) is 34.8 Å². The minimum absolute atomic E-state index is 0.00660. The fourth-order valence-electron chi connectivity index (χ4n) is 4.17. The number of sulfonamides is 2. The summed E-state index contributed by atoms with van der Waals surface area (Å²) in [6.07, 6.45) is -4.79. The summed E-state index contributed by atoms with van der Waals surface area (Å²) in [5, 5.41) is 1.97. The molecule has 0 heterocycles. The zero-order chi connectivity index (χ0) is 31.6. The number of hydrogen-bond donors (Lipinski definition) is 2. The summed E-state index contributed by atoms with van der Waals surface area (Å²) in [4.78, 5) is 12.8. The number of alkyl halides is 3. The van der Waals surface area contributed by atoms with Gasteiger partial charge in [0.05, 0.1) is 26.1 Å². The number of carbonyl (C=O) groups excluding carboxylic acids is 1. The van der Waals surface area contributed by atoms with Gasteiger partial charge in [-0.1, -0.05) is 47.5 Å². The Labute approximate surface area is 252 Å². The average molecular weight is 652 g/mol. The second-order valence-electron chi connectivity index (χ2n) is 9.49. The topological polar surface area (TPSA) is 113 Å². The molecule has 0 saturated heterocycles. The fraction of sp³-hybridized carbons (Fsp3) is 0.138. The van der Waals surface area contributed by atoms with Crippen molar-refractivity contribution in [1.29, 1.82) is 0 Å². The van der Waals surface area contributed by atoms with Gasteiger partial charge in [0, 0.05) is 11.4 Å². The van der Waals surface area contributed by atoms with Crippen LogP contribution in [0, 0.1) is 13.8 Å². The summed E-state index contributed by atoms with van der Waals surface area (Å²) in [6, 6.07) is 20.2. The Morgan fingerprint density at radius 2 is 1.44 bits per heavy atom. The molecule has 4 aromatic rings. The Morgan fingerprint density at radius 1 is 0.814 bits per heavy atom. The van der Waals surface area contributed by atoms with Crippen LogP contribution in [0.1, 0.15) is 16.7 Å². The maximum absolute atomic E-state index is 13.6. The quantitative estimate of drug-likeness (QED) is 0.212. The number of benzene rings is 4. The van der Waals surface area contributed by atoms with Crippen molar-refractivity contribution in [3.8, 4) is 0 Å². The zero-order valence-electron chi connectivity index (χ0n) is 22.7. The smallest absolute Gasteiger partial charge is 0.325 e. The minimum Gasteiger partial charge on any atom is -0.325 e. The van der Waals surface area contributed by atoms with Gasteiger partial charge < -0.3 is 5.32 Å². The molecular formula is C29H25ClF3N3O5S2. The van der Waals surface area contributed by atoms with Gasteiger partial charge in [0.15, 0.2) is 0 Å². The SMILES string of the molecule is Cc1ccc(N(CC(=O)Nc2ccc(S(=O)(=O)Nc3ccc(Cl)c(C(F)(F)F)c3)cc2)S(=O)(=O)c2ccccc2)c(C)c1. The van der Waals surface area contributed by atoms with Crippen molar-refractivity contribution in [2.24, 2.45) is 0 Å². The van der Waals surface area contributed by atoms with E-state index in [0.717, 1.165) is 34.1 Å². The molecule has 0 aliphatic carbocycles. The van der Waals surface area contributed by atoms with Crippen molar-refractivity contribution in [1.82, 2.24) is 0 Å². The Kier molecular flexibility index (Phi) is 9.09. The molecule has 0 atom stereocenters. The predicted molar refractivity (Wildman–Crippen MR) is 159 cm³/mol. The number of hydrogen-bond acceptors (Lipinski definition) is 5. The molecule has 43 heavy (non-hydrogen) atoms. The summed E-state index contributed by atoms with van der Waals surface area (Å²) in [5.41, 5.74) is 0.471. The Morgan fingerprint density at radius 3 is 2.05 bits per heavy atom. The summed E-state index contributed by atoms with van der Waals surface area (Å²) >= 11 is 5.60. The van der Waals surface area contributed by atoms with Crippen LogP contribution in [-0.2, 0) is 31.0 Å². The van der Waals surface area contributed by atoms with Crippen LogP contribution in [0.4, 0.5) is 30.2 Å². The number of nitrogens with zero attached hydrogens (tertiary/aromatic N) is 1.